The van der Waals surface area contributed by atoms with Gasteiger partial charge in [-0.05, 0) is 68.3 Å². The van der Waals surface area contributed by atoms with E-state index in [4.69, 9.17) is 15.0 Å². The second-order valence-electron chi connectivity index (χ2n) is 16.3. The van der Waals surface area contributed by atoms with Crippen molar-refractivity contribution in [2.45, 2.75) is 5.41 Å². The van der Waals surface area contributed by atoms with Gasteiger partial charge in [-0.15, -0.1) is 0 Å². The smallest absolute Gasteiger partial charge is 0.164 e. The minimum absolute atomic E-state index is 0.443. The molecule has 288 valence electrons. The molecule has 0 bridgehead atoms. The zero-order valence-corrected chi connectivity index (χ0v) is 33.6. The Morgan fingerprint density at radius 3 is 1.55 bits per heavy atom. The van der Waals surface area contributed by atoms with Gasteiger partial charge in [0.05, 0.1) is 16.4 Å². The van der Waals surface area contributed by atoms with E-state index in [1.807, 2.05) is 24.3 Å². The predicted molar refractivity (Wildman–Crippen MR) is 252 cm³/mol. The average molecular weight is 789 g/mol. The molecule has 9 aromatic carbocycles. The summed E-state index contributed by atoms with van der Waals surface area (Å²) >= 11 is 0. The van der Waals surface area contributed by atoms with Gasteiger partial charge in [0.1, 0.15) is 0 Å². The Bertz CT molecular complexity index is 3540. The number of nitrogens with zero attached hydrogens (tertiary/aromatic N) is 4. The highest BCUT2D eigenvalue weighted by Gasteiger charge is 2.52. The topological polar surface area (TPSA) is 43.6 Å². The van der Waals surface area contributed by atoms with E-state index >= 15 is 0 Å². The molecule has 0 unspecified atom stereocenters. The molecule has 13 rings (SSSR count). The average Bonchev–Trinajstić information content (AvgIpc) is 3.96. The van der Waals surface area contributed by atoms with Gasteiger partial charge in [0.25, 0.3) is 0 Å². The minimum atomic E-state index is -0.443. The molecular formula is C58H36N4. The lowest BCUT2D eigenvalue weighted by molar-refractivity contribution is 0.794. The molecule has 4 heteroatoms. The van der Waals surface area contributed by atoms with Crippen molar-refractivity contribution >= 4 is 21.8 Å². The molecule has 2 aliphatic carbocycles. The molecule has 2 aromatic heterocycles. The molecule has 11 aromatic rings. The van der Waals surface area contributed by atoms with E-state index in [0.29, 0.717) is 17.5 Å². The summed E-state index contributed by atoms with van der Waals surface area (Å²) in [4.78, 5) is 15.6. The van der Waals surface area contributed by atoms with Gasteiger partial charge < -0.3 is 4.57 Å². The van der Waals surface area contributed by atoms with Crippen molar-refractivity contribution in [3.05, 3.63) is 241 Å². The Morgan fingerprint density at radius 1 is 0.323 bits per heavy atom. The summed E-state index contributed by atoms with van der Waals surface area (Å²) in [5.74, 6) is 1.88. The number of hydrogen-bond donors (Lipinski definition) is 0. The van der Waals surface area contributed by atoms with Crippen LogP contribution in [-0.4, -0.2) is 19.5 Å². The fraction of sp³-hybridized carbons (Fsp3) is 0.0172. The summed E-state index contributed by atoms with van der Waals surface area (Å²) < 4.78 is 2.47. The van der Waals surface area contributed by atoms with Crippen molar-refractivity contribution in [2.24, 2.45) is 0 Å². The normalized spacial score (nSPS) is 13.0. The summed E-state index contributed by atoms with van der Waals surface area (Å²) in [6.45, 7) is 0. The van der Waals surface area contributed by atoms with Crippen LogP contribution < -0.4 is 0 Å². The van der Waals surface area contributed by atoms with Crippen molar-refractivity contribution in [2.75, 3.05) is 0 Å². The summed E-state index contributed by atoms with van der Waals surface area (Å²) in [6, 6.07) is 78.4. The Hall–Kier alpha value is -8.21. The van der Waals surface area contributed by atoms with Crippen LogP contribution in [0.15, 0.2) is 218 Å². The van der Waals surface area contributed by atoms with Crippen LogP contribution in [-0.2, 0) is 5.41 Å². The molecule has 0 aliphatic heterocycles. The highest BCUT2D eigenvalue weighted by Crippen LogP contribution is 2.64. The number of aromatic nitrogens is 4. The second kappa shape index (κ2) is 13.4. The first kappa shape index (κ1) is 34.6. The van der Waals surface area contributed by atoms with Crippen molar-refractivity contribution in [1.29, 1.82) is 0 Å². The molecule has 0 atom stereocenters. The fourth-order valence-corrected chi connectivity index (χ4v) is 10.6. The Labute approximate surface area is 359 Å². The standard InChI is InChI=1S/C58H36N4/c1-3-18-37(19-4-1)41-24-7-8-28-46(41)57-60-55(38-20-5-2-6-21-38)59-56(61-57)39-22-17-23-40(36-39)62-52-33-16-12-27-44(52)45-34-35-51-53(54(45)62)47-29-11-15-32-50(47)58(51)48-30-13-9-25-42(48)43-26-10-14-31-49(43)58/h1-36H. The van der Waals surface area contributed by atoms with Gasteiger partial charge in [-0.3, -0.25) is 0 Å². The van der Waals surface area contributed by atoms with Crippen LogP contribution in [0.5, 0.6) is 0 Å². The van der Waals surface area contributed by atoms with Crippen molar-refractivity contribution < 1.29 is 0 Å². The third kappa shape index (κ3) is 4.86. The van der Waals surface area contributed by atoms with Crippen molar-refractivity contribution in [3.8, 4) is 73.2 Å². The van der Waals surface area contributed by atoms with Crippen LogP contribution in [0.25, 0.3) is 95.0 Å². The summed E-state index contributed by atoms with van der Waals surface area (Å²) in [5.41, 5.74) is 18.4. The molecule has 0 amide bonds. The van der Waals surface area contributed by atoms with E-state index in [1.54, 1.807) is 0 Å². The molecule has 0 saturated carbocycles. The van der Waals surface area contributed by atoms with Crippen LogP contribution >= 0.6 is 0 Å². The highest BCUT2D eigenvalue weighted by atomic mass is 15.0. The monoisotopic (exact) mass is 788 g/mol. The van der Waals surface area contributed by atoms with Gasteiger partial charge in [0.15, 0.2) is 17.5 Å². The maximum Gasteiger partial charge on any atom is 0.164 e. The number of benzene rings is 9. The molecular weight excluding hydrogens is 753 g/mol. The van der Waals surface area contributed by atoms with Gasteiger partial charge in [-0.2, -0.15) is 0 Å². The molecule has 0 fully saturated rings. The van der Waals surface area contributed by atoms with Gasteiger partial charge in [-0.1, -0.05) is 200 Å². The molecule has 4 nitrogen and oxygen atoms in total. The Morgan fingerprint density at radius 2 is 0.839 bits per heavy atom. The molecule has 62 heavy (non-hydrogen) atoms. The predicted octanol–water partition coefficient (Wildman–Crippen LogP) is 14.0. The lowest BCUT2D eigenvalue weighted by Crippen LogP contribution is -2.25. The number of rotatable bonds is 5. The highest BCUT2D eigenvalue weighted by molar-refractivity contribution is 6.16. The lowest BCUT2D eigenvalue weighted by atomic mass is 9.70. The first-order valence-electron chi connectivity index (χ1n) is 21.2. The van der Waals surface area contributed by atoms with E-state index in [0.717, 1.165) is 39.0 Å². The first-order chi connectivity index (χ1) is 30.8. The number of fused-ring (bicyclic) bond motifs is 14. The van der Waals surface area contributed by atoms with E-state index < -0.39 is 5.41 Å². The largest absolute Gasteiger partial charge is 0.309 e. The van der Waals surface area contributed by atoms with Crippen LogP contribution in [0.2, 0.25) is 0 Å². The summed E-state index contributed by atoms with van der Waals surface area (Å²) in [6.07, 6.45) is 0. The second-order valence-corrected chi connectivity index (χ2v) is 16.3. The van der Waals surface area contributed by atoms with Gasteiger partial charge in [0, 0.05) is 38.7 Å². The van der Waals surface area contributed by atoms with Crippen LogP contribution in [0.3, 0.4) is 0 Å². The SMILES string of the molecule is c1ccc(-c2nc(-c3cccc(-n4c5ccccc5c5ccc6c(c54)-c4ccccc4C64c5ccccc5-c5ccccc54)c3)nc(-c3ccccc3-c3ccccc3)n2)cc1. The van der Waals surface area contributed by atoms with Gasteiger partial charge in [-0.25, -0.2) is 15.0 Å². The molecule has 2 aliphatic rings. The van der Waals surface area contributed by atoms with Crippen LogP contribution in [0.4, 0.5) is 0 Å². The molecule has 0 radical (unpaired) electrons. The maximum atomic E-state index is 5.28. The van der Waals surface area contributed by atoms with Gasteiger partial charge in [0.2, 0.25) is 0 Å². The third-order valence-electron chi connectivity index (χ3n) is 13.1. The summed E-state index contributed by atoms with van der Waals surface area (Å²) in [7, 11) is 0. The van der Waals surface area contributed by atoms with Gasteiger partial charge >= 0.3 is 0 Å². The minimum Gasteiger partial charge on any atom is -0.309 e. The van der Waals surface area contributed by atoms with Crippen molar-refractivity contribution in [3.63, 3.8) is 0 Å². The zero-order valence-electron chi connectivity index (χ0n) is 33.6. The van der Waals surface area contributed by atoms with Crippen LogP contribution in [0.1, 0.15) is 22.3 Å². The van der Waals surface area contributed by atoms with E-state index in [-0.39, 0.29) is 0 Å². The maximum absolute atomic E-state index is 5.28. The van der Waals surface area contributed by atoms with E-state index in [9.17, 15) is 0 Å². The molecule has 2 heterocycles. The zero-order chi connectivity index (χ0) is 40.8. The molecule has 0 saturated heterocycles. The summed E-state index contributed by atoms with van der Waals surface area (Å²) in [5, 5.41) is 2.44. The number of hydrogen-bond acceptors (Lipinski definition) is 3. The Balaban J connectivity index is 1.07. The van der Waals surface area contributed by atoms with Crippen molar-refractivity contribution in [1.82, 2.24) is 19.5 Å². The first-order valence-corrected chi connectivity index (χ1v) is 21.2. The fourth-order valence-electron chi connectivity index (χ4n) is 10.6. The van der Waals surface area contributed by atoms with Crippen LogP contribution in [0, 0.1) is 0 Å². The van der Waals surface area contributed by atoms with E-state index in [2.05, 4.69) is 199 Å². The quantitative estimate of drug-likeness (QED) is 0.174. The third-order valence-corrected chi connectivity index (χ3v) is 13.1. The molecule has 1 spiro atoms. The Kier molecular flexibility index (Phi) is 7.49. The number of para-hydroxylation sites is 1. The lowest BCUT2D eigenvalue weighted by Gasteiger charge is -2.30. The van der Waals surface area contributed by atoms with E-state index in [1.165, 1.54) is 60.8 Å². The molecule has 0 N–H and O–H groups in total.